The number of para-hydroxylation sites is 1. The van der Waals surface area contributed by atoms with Crippen molar-refractivity contribution in [1.29, 1.82) is 0 Å². The molecule has 35 heavy (non-hydrogen) atoms. The van der Waals surface area contributed by atoms with E-state index in [4.69, 9.17) is 4.74 Å². The van der Waals surface area contributed by atoms with Crippen LogP contribution in [-0.2, 0) is 6.18 Å². The Bertz CT molecular complexity index is 1400. The monoisotopic (exact) mass is 486 g/mol. The number of nitrogens with zero attached hydrogens (tertiary/aromatic N) is 3. The van der Waals surface area contributed by atoms with Crippen molar-refractivity contribution in [3.8, 4) is 22.7 Å². The Kier molecular flexibility index (Phi) is 6.72. The number of benzene rings is 2. The van der Waals surface area contributed by atoms with Gasteiger partial charge in [0, 0.05) is 17.0 Å². The lowest BCUT2D eigenvalue weighted by Gasteiger charge is -2.18. The molecule has 2 heterocycles. The van der Waals surface area contributed by atoms with E-state index in [-0.39, 0.29) is 17.3 Å². The molecule has 11 heteroatoms. The van der Waals surface area contributed by atoms with Gasteiger partial charge in [0.05, 0.1) is 43.3 Å². The number of anilines is 1. The van der Waals surface area contributed by atoms with E-state index < -0.39 is 36.6 Å². The molecule has 0 fully saturated rings. The fraction of sp³-hybridized carbons (Fsp3) is 0.208. The van der Waals surface area contributed by atoms with Crippen LogP contribution in [0.1, 0.15) is 5.56 Å². The molecule has 8 nitrogen and oxygen atoms in total. The lowest BCUT2D eigenvalue weighted by molar-refractivity contribution is -0.137. The summed E-state index contributed by atoms with van der Waals surface area (Å²) >= 11 is 0. The Labute approximate surface area is 197 Å². The number of hydrogen-bond donors (Lipinski definition) is 3. The number of aliphatic hydroxyl groups excluding tert-OH is 2. The molecule has 3 N–H and O–H groups in total. The van der Waals surface area contributed by atoms with Crippen LogP contribution in [0.2, 0.25) is 0 Å². The van der Waals surface area contributed by atoms with E-state index >= 15 is 0 Å². The summed E-state index contributed by atoms with van der Waals surface area (Å²) in [6.45, 7) is -0.829. The van der Waals surface area contributed by atoms with Gasteiger partial charge >= 0.3 is 6.18 Å². The van der Waals surface area contributed by atoms with Gasteiger partial charge in [-0.1, -0.05) is 12.1 Å². The maximum atomic E-state index is 13.1. The van der Waals surface area contributed by atoms with Gasteiger partial charge in [-0.3, -0.25) is 9.36 Å². The van der Waals surface area contributed by atoms with Crippen LogP contribution >= 0.6 is 0 Å². The van der Waals surface area contributed by atoms with Crippen molar-refractivity contribution in [3.63, 3.8) is 0 Å². The largest absolute Gasteiger partial charge is 0.496 e. The Balaban J connectivity index is 2.01. The van der Waals surface area contributed by atoms with E-state index in [1.807, 2.05) is 0 Å². The Hall–Kier alpha value is -3.96. The highest BCUT2D eigenvalue weighted by Crippen LogP contribution is 2.34. The number of pyridine rings is 1. The first-order valence-corrected chi connectivity index (χ1v) is 10.5. The molecular formula is C24H21F3N4O4. The van der Waals surface area contributed by atoms with Crippen LogP contribution in [0.25, 0.3) is 28.0 Å². The van der Waals surface area contributed by atoms with Gasteiger partial charge in [0.2, 0.25) is 5.95 Å². The number of aromatic nitrogens is 3. The summed E-state index contributed by atoms with van der Waals surface area (Å²) in [5.41, 5.74) is -0.128. The quantitative estimate of drug-likeness (QED) is 0.368. The third-order valence-electron chi connectivity index (χ3n) is 5.34. The first kappa shape index (κ1) is 24.2. The highest BCUT2D eigenvalue weighted by molar-refractivity contribution is 5.93. The maximum Gasteiger partial charge on any atom is 0.416 e. The SMILES string of the molecule is COc1ccccc1-c1nc(NC(CO)CO)nc2c1ccc(=O)n2-c1ccc(C(F)(F)F)cc1. The molecule has 0 saturated heterocycles. The first-order chi connectivity index (χ1) is 16.8. The standard InChI is InChI=1S/C24H21F3N4O4/c1-35-19-5-3-2-4-17(19)21-18-10-11-20(34)31(16-8-6-14(7-9-16)24(25,26)27)22(18)30-23(29-21)28-15(12-32)13-33/h2-11,15,32-33H,12-13H2,1H3,(H,28,29,30). The molecule has 0 aliphatic carbocycles. The molecular weight excluding hydrogens is 465 g/mol. The number of rotatable bonds is 7. The minimum atomic E-state index is -4.53. The third-order valence-corrected chi connectivity index (χ3v) is 5.34. The molecule has 0 saturated carbocycles. The summed E-state index contributed by atoms with van der Waals surface area (Å²) in [6.07, 6.45) is -4.53. The number of hydrogen-bond acceptors (Lipinski definition) is 7. The lowest BCUT2D eigenvalue weighted by Crippen LogP contribution is -2.29. The summed E-state index contributed by atoms with van der Waals surface area (Å²) in [4.78, 5) is 21.8. The summed E-state index contributed by atoms with van der Waals surface area (Å²) in [7, 11) is 1.49. The second-order valence-corrected chi connectivity index (χ2v) is 7.59. The molecule has 0 spiro atoms. The van der Waals surface area contributed by atoms with Crippen molar-refractivity contribution in [2.24, 2.45) is 0 Å². The molecule has 2 aromatic heterocycles. The number of fused-ring (bicyclic) bond motifs is 1. The van der Waals surface area contributed by atoms with Crippen LogP contribution in [0.3, 0.4) is 0 Å². The molecule has 0 atom stereocenters. The van der Waals surface area contributed by atoms with Gasteiger partial charge in [0.25, 0.3) is 5.56 Å². The van der Waals surface area contributed by atoms with Crippen LogP contribution in [0, 0.1) is 0 Å². The lowest BCUT2D eigenvalue weighted by atomic mass is 10.1. The number of aliphatic hydroxyl groups is 2. The van der Waals surface area contributed by atoms with Gasteiger partial charge in [0.15, 0.2) is 5.65 Å². The van der Waals surface area contributed by atoms with Crippen molar-refractivity contribution in [3.05, 3.63) is 76.6 Å². The van der Waals surface area contributed by atoms with Gasteiger partial charge in [-0.05, 0) is 42.5 Å². The van der Waals surface area contributed by atoms with Crippen molar-refractivity contribution in [2.45, 2.75) is 12.2 Å². The number of ether oxygens (including phenoxy) is 1. The van der Waals surface area contributed by atoms with Crippen LogP contribution in [0.15, 0.2) is 65.5 Å². The highest BCUT2D eigenvalue weighted by atomic mass is 19.4. The van der Waals surface area contributed by atoms with Gasteiger partial charge < -0.3 is 20.3 Å². The van der Waals surface area contributed by atoms with E-state index in [1.165, 1.54) is 35.9 Å². The summed E-state index contributed by atoms with van der Waals surface area (Å²) in [5.74, 6) is 0.490. The second-order valence-electron chi connectivity index (χ2n) is 7.59. The predicted molar refractivity (Wildman–Crippen MR) is 124 cm³/mol. The zero-order valence-electron chi connectivity index (χ0n) is 18.5. The molecule has 2 aromatic carbocycles. The molecule has 4 rings (SSSR count). The van der Waals surface area contributed by atoms with Crippen molar-refractivity contribution in [1.82, 2.24) is 14.5 Å². The highest BCUT2D eigenvalue weighted by Gasteiger charge is 2.30. The predicted octanol–water partition coefficient (Wildman–Crippen LogP) is 3.24. The van der Waals surface area contributed by atoms with Crippen LogP contribution in [-0.4, -0.2) is 51.1 Å². The smallest absolute Gasteiger partial charge is 0.416 e. The molecule has 0 radical (unpaired) electrons. The fourth-order valence-electron chi connectivity index (χ4n) is 3.61. The van der Waals surface area contributed by atoms with Crippen molar-refractivity contribution in [2.75, 3.05) is 25.6 Å². The summed E-state index contributed by atoms with van der Waals surface area (Å²) in [6, 6.07) is 13.2. The Morgan fingerprint density at radius 1 is 1.00 bits per heavy atom. The number of halogens is 3. The van der Waals surface area contributed by atoms with Crippen molar-refractivity contribution >= 4 is 17.0 Å². The minimum Gasteiger partial charge on any atom is -0.496 e. The van der Waals surface area contributed by atoms with E-state index in [0.717, 1.165) is 12.1 Å². The molecule has 0 unspecified atom stereocenters. The minimum absolute atomic E-state index is 0.00207. The van der Waals surface area contributed by atoms with Crippen LogP contribution < -0.4 is 15.6 Å². The molecule has 0 bridgehead atoms. The first-order valence-electron chi connectivity index (χ1n) is 10.5. The van der Waals surface area contributed by atoms with Crippen molar-refractivity contribution < 1.29 is 28.1 Å². The van der Waals surface area contributed by atoms with Gasteiger partial charge in [0.1, 0.15) is 5.75 Å². The maximum absolute atomic E-state index is 13.1. The average Bonchev–Trinajstić information content (AvgIpc) is 2.86. The van der Waals surface area contributed by atoms with Gasteiger partial charge in [-0.2, -0.15) is 18.2 Å². The average molecular weight is 486 g/mol. The molecule has 4 aromatic rings. The Morgan fingerprint density at radius 2 is 1.69 bits per heavy atom. The van der Waals surface area contributed by atoms with E-state index in [1.54, 1.807) is 24.3 Å². The van der Waals surface area contributed by atoms with Gasteiger partial charge in [-0.25, -0.2) is 4.98 Å². The van der Waals surface area contributed by atoms with Gasteiger partial charge in [-0.15, -0.1) is 0 Å². The molecule has 182 valence electrons. The van der Waals surface area contributed by atoms with E-state index in [2.05, 4.69) is 15.3 Å². The topological polar surface area (TPSA) is 110 Å². The fourth-order valence-corrected chi connectivity index (χ4v) is 3.61. The number of nitrogens with one attached hydrogen (secondary N) is 1. The molecule has 0 aliphatic rings. The second kappa shape index (κ2) is 9.72. The summed E-state index contributed by atoms with van der Waals surface area (Å²) < 4.78 is 45.8. The van der Waals surface area contributed by atoms with Crippen LogP contribution in [0.4, 0.5) is 19.1 Å². The Morgan fingerprint density at radius 3 is 2.31 bits per heavy atom. The number of alkyl halides is 3. The zero-order valence-corrected chi connectivity index (χ0v) is 18.5. The summed E-state index contributed by atoms with van der Waals surface area (Å²) in [5, 5.41) is 22.2. The number of methoxy groups -OCH3 is 1. The third kappa shape index (κ3) is 4.81. The molecule has 0 aliphatic heterocycles. The normalized spacial score (nSPS) is 11.7. The molecule has 0 amide bonds. The van der Waals surface area contributed by atoms with E-state index in [9.17, 15) is 28.2 Å². The van der Waals surface area contributed by atoms with Crippen LogP contribution in [0.5, 0.6) is 5.75 Å². The van der Waals surface area contributed by atoms with E-state index in [0.29, 0.717) is 22.4 Å². The zero-order chi connectivity index (χ0) is 25.2.